The maximum absolute atomic E-state index is 9.03. The average molecular weight is 239 g/mol. The number of hydrogen-bond acceptors (Lipinski definition) is 6. The van der Waals surface area contributed by atoms with E-state index in [1.807, 2.05) is 0 Å². The van der Waals surface area contributed by atoms with E-state index in [1.54, 1.807) is 26.6 Å². The summed E-state index contributed by atoms with van der Waals surface area (Å²) in [7, 11) is 3.35. The van der Waals surface area contributed by atoms with Crippen LogP contribution < -0.4 is 4.90 Å². The molecule has 0 radical (unpaired) electrons. The van der Waals surface area contributed by atoms with Crippen molar-refractivity contribution in [2.75, 3.05) is 32.2 Å². The number of nitrogens with zero attached hydrogens (tertiary/aromatic N) is 3. The number of aromatic nitrogens is 2. The van der Waals surface area contributed by atoms with E-state index in [-0.39, 0.29) is 18.8 Å². The summed E-state index contributed by atoms with van der Waals surface area (Å²) in [6.45, 7) is 1.34. The van der Waals surface area contributed by atoms with Gasteiger partial charge in [-0.2, -0.15) is 0 Å². The first-order valence-electron chi connectivity index (χ1n) is 5.50. The van der Waals surface area contributed by atoms with Crippen molar-refractivity contribution in [3.05, 3.63) is 18.1 Å². The lowest BCUT2D eigenvalue weighted by Crippen LogP contribution is -2.27. The first-order valence-corrected chi connectivity index (χ1v) is 5.50. The summed E-state index contributed by atoms with van der Waals surface area (Å²) in [4.78, 5) is 10.4. The number of anilines is 1. The second-order valence-corrected chi connectivity index (χ2v) is 3.98. The van der Waals surface area contributed by atoms with E-state index in [4.69, 9.17) is 14.6 Å². The first-order chi connectivity index (χ1) is 8.28. The van der Waals surface area contributed by atoms with Gasteiger partial charge in [-0.25, -0.2) is 4.98 Å². The smallest absolute Gasteiger partial charge is 0.147 e. The predicted molar refractivity (Wildman–Crippen MR) is 61.8 cm³/mol. The van der Waals surface area contributed by atoms with E-state index in [0.717, 1.165) is 18.9 Å². The van der Waals surface area contributed by atoms with Crippen LogP contribution in [0.15, 0.2) is 12.4 Å². The zero-order chi connectivity index (χ0) is 12.3. The van der Waals surface area contributed by atoms with Gasteiger partial charge in [0.15, 0.2) is 0 Å². The van der Waals surface area contributed by atoms with Gasteiger partial charge in [0, 0.05) is 27.3 Å². The molecule has 1 aliphatic heterocycles. The Morgan fingerprint density at radius 3 is 2.47 bits per heavy atom. The second-order valence-electron chi connectivity index (χ2n) is 3.98. The zero-order valence-corrected chi connectivity index (χ0v) is 10.0. The topological polar surface area (TPSA) is 67.7 Å². The van der Waals surface area contributed by atoms with Crippen molar-refractivity contribution in [2.24, 2.45) is 0 Å². The third-order valence-corrected chi connectivity index (χ3v) is 2.98. The summed E-state index contributed by atoms with van der Waals surface area (Å²) in [5.74, 6) is 0.748. The van der Waals surface area contributed by atoms with Crippen molar-refractivity contribution in [3.63, 3.8) is 0 Å². The van der Waals surface area contributed by atoms with Crippen molar-refractivity contribution in [1.29, 1.82) is 0 Å². The standard InChI is InChI=1S/C11H17N3O3/c1-16-9-5-14(6-10(9)17-2)11-4-12-3-8(7-15)13-11/h3-4,9-10,15H,5-7H2,1-2H3. The minimum Gasteiger partial charge on any atom is -0.390 e. The Bertz CT molecular complexity index is 363. The van der Waals surface area contributed by atoms with Crippen molar-refractivity contribution >= 4 is 5.82 Å². The monoisotopic (exact) mass is 239 g/mol. The van der Waals surface area contributed by atoms with Crippen LogP contribution in [0.1, 0.15) is 5.69 Å². The Labute approximate surface area is 100 Å². The lowest BCUT2D eigenvalue weighted by molar-refractivity contribution is -0.00461. The molecule has 0 saturated carbocycles. The molecular formula is C11H17N3O3. The first kappa shape index (κ1) is 12.2. The van der Waals surface area contributed by atoms with Gasteiger partial charge in [-0.15, -0.1) is 0 Å². The number of aliphatic hydroxyl groups is 1. The van der Waals surface area contributed by atoms with Gasteiger partial charge in [0.05, 0.1) is 24.7 Å². The molecule has 1 aliphatic rings. The van der Waals surface area contributed by atoms with Crippen molar-refractivity contribution in [3.8, 4) is 0 Å². The van der Waals surface area contributed by atoms with E-state index >= 15 is 0 Å². The Balaban J connectivity index is 2.13. The maximum Gasteiger partial charge on any atom is 0.147 e. The van der Waals surface area contributed by atoms with Crippen LogP contribution >= 0.6 is 0 Å². The Morgan fingerprint density at radius 1 is 1.29 bits per heavy atom. The molecule has 1 fully saturated rings. The summed E-state index contributed by atoms with van der Waals surface area (Å²) >= 11 is 0. The lowest BCUT2D eigenvalue weighted by atomic mass is 10.3. The largest absolute Gasteiger partial charge is 0.390 e. The Morgan fingerprint density at radius 2 is 1.94 bits per heavy atom. The molecule has 1 saturated heterocycles. The van der Waals surface area contributed by atoms with Crippen LogP contribution in [-0.2, 0) is 16.1 Å². The molecule has 2 atom stereocenters. The molecule has 2 rings (SSSR count). The van der Waals surface area contributed by atoms with Gasteiger partial charge >= 0.3 is 0 Å². The molecule has 1 aromatic heterocycles. The third-order valence-electron chi connectivity index (χ3n) is 2.98. The molecule has 6 nitrogen and oxygen atoms in total. The van der Waals surface area contributed by atoms with Gasteiger partial charge in [0.1, 0.15) is 18.0 Å². The second kappa shape index (κ2) is 5.39. The SMILES string of the molecule is COC1CN(c2cncc(CO)n2)CC1OC. The maximum atomic E-state index is 9.03. The van der Waals surface area contributed by atoms with Crippen molar-refractivity contribution in [1.82, 2.24) is 9.97 Å². The average Bonchev–Trinajstić information content (AvgIpc) is 2.82. The van der Waals surface area contributed by atoms with Crippen molar-refractivity contribution < 1.29 is 14.6 Å². The molecule has 2 unspecified atom stereocenters. The molecule has 6 heteroatoms. The molecule has 0 aromatic carbocycles. The molecule has 0 aliphatic carbocycles. The van der Waals surface area contributed by atoms with Crippen LogP contribution in [0.5, 0.6) is 0 Å². The predicted octanol–water partition coefficient (Wildman–Crippen LogP) is -0.181. The van der Waals surface area contributed by atoms with Gasteiger partial charge in [-0.3, -0.25) is 4.98 Å². The highest BCUT2D eigenvalue weighted by atomic mass is 16.5. The lowest BCUT2D eigenvalue weighted by Gasteiger charge is -2.16. The molecular weight excluding hydrogens is 222 g/mol. The summed E-state index contributed by atoms with van der Waals surface area (Å²) in [6, 6.07) is 0. The van der Waals surface area contributed by atoms with Crippen LogP contribution in [0.25, 0.3) is 0 Å². The number of rotatable bonds is 4. The normalized spacial score (nSPS) is 24.3. The van der Waals surface area contributed by atoms with E-state index in [2.05, 4.69) is 14.9 Å². The molecule has 17 heavy (non-hydrogen) atoms. The van der Waals surface area contributed by atoms with Gasteiger partial charge in [0.2, 0.25) is 0 Å². The summed E-state index contributed by atoms with van der Waals surface area (Å²) in [5.41, 5.74) is 0.567. The van der Waals surface area contributed by atoms with Crippen molar-refractivity contribution in [2.45, 2.75) is 18.8 Å². The molecule has 0 bridgehead atoms. The molecule has 0 amide bonds. The fourth-order valence-corrected chi connectivity index (χ4v) is 2.01. The van der Waals surface area contributed by atoms with Crippen LogP contribution in [0, 0.1) is 0 Å². The summed E-state index contributed by atoms with van der Waals surface area (Å²) in [6.07, 6.45) is 3.32. The minimum absolute atomic E-state index is 0.0413. The van der Waals surface area contributed by atoms with E-state index in [1.165, 1.54) is 0 Å². The highest BCUT2D eigenvalue weighted by molar-refractivity contribution is 5.39. The molecule has 1 N–H and O–H groups in total. The third kappa shape index (κ3) is 2.54. The summed E-state index contributed by atoms with van der Waals surface area (Å²) in [5, 5.41) is 9.03. The number of ether oxygens (including phenoxy) is 2. The molecule has 2 heterocycles. The van der Waals surface area contributed by atoms with Crippen LogP contribution in [-0.4, -0.2) is 54.6 Å². The van der Waals surface area contributed by atoms with Gasteiger partial charge in [0.25, 0.3) is 0 Å². The minimum atomic E-state index is -0.101. The number of hydrogen-bond donors (Lipinski definition) is 1. The van der Waals surface area contributed by atoms with Gasteiger partial charge in [-0.1, -0.05) is 0 Å². The zero-order valence-electron chi connectivity index (χ0n) is 10.0. The molecule has 0 spiro atoms. The fraction of sp³-hybridized carbons (Fsp3) is 0.636. The fourth-order valence-electron chi connectivity index (χ4n) is 2.01. The Kier molecular flexibility index (Phi) is 3.88. The Hall–Kier alpha value is -1.24. The van der Waals surface area contributed by atoms with Crippen LogP contribution in [0.3, 0.4) is 0 Å². The number of aliphatic hydroxyl groups excluding tert-OH is 1. The van der Waals surface area contributed by atoms with Crippen LogP contribution in [0.2, 0.25) is 0 Å². The highest BCUT2D eigenvalue weighted by Gasteiger charge is 2.33. The summed E-state index contributed by atoms with van der Waals surface area (Å²) < 4.78 is 10.7. The van der Waals surface area contributed by atoms with E-state index < -0.39 is 0 Å². The van der Waals surface area contributed by atoms with E-state index in [0.29, 0.717) is 5.69 Å². The van der Waals surface area contributed by atoms with Gasteiger partial charge in [-0.05, 0) is 0 Å². The number of methoxy groups -OCH3 is 2. The highest BCUT2D eigenvalue weighted by Crippen LogP contribution is 2.21. The molecule has 1 aromatic rings. The van der Waals surface area contributed by atoms with Gasteiger partial charge < -0.3 is 19.5 Å². The molecule has 94 valence electrons. The van der Waals surface area contributed by atoms with Crippen LogP contribution in [0.4, 0.5) is 5.82 Å². The van der Waals surface area contributed by atoms with E-state index in [9.17, 15) is 0 Å². The quantitative estimate of drug-likeness (QED) is 0.786.